The molecule has 1 saturated carbocycles. The third kappa shape index (κ3) is 4.52. The molecule has 0 saturated heterocycles. The van der Waals surface area contributed by atoms with Crippen molar-refractivity contribution in [3.63, 3.8) is 0 Å². The van der Waals surface area contributed by atoms with E-state index >= 15 is 0 Å². The maximum absolute atomic E-state index is 3.55. The van der Waals surface area contributed by atoms with Crippen LogP contribution in [0.4, 0.5) is 0 Å². The Morgan fingerprint density at radius 3 is 2.07 bits per heavy atom. The van der Waals surface area contributed by atoms with Crippen LogP contribution >= 0.6 is 0 Å². The predicted octanol–water partition coefficient (Wildman–Crippen LogP) is 2.40. The first-order valence-corrected chi connectivity index (χ1v) is 6.27. The van der Waals surface area contributed by atoms with Crippen molar-refractivity contribution in [2.75, 3.05) is 19.6 Å². The van der Waals surface area contributed by atoms with Crippen LogP contribution in [-0.4, -0.2) is 25.7 Å². The molecule has 90 valence electrons. The zero-order valence-electron chi connectivity index (χ0n) is 11.1. The lowest BCUT2D eigenvalue weighted by Crippen LogP contribution is -2.41. The molecule has 1 aliphatic carbocycles. The smallest absolute Gasteiger partial charge is 0.00793 e. The van der Waals surface area contributed by atoms with E-state index in [1.807, 2.05) is 0 Å². The molecule has 2 nitrogen and oxygen atoms in total. The van der Waals surface area contributed by atoms with Crippen molar-refractivity contribution in [1.82, 2.24) is 10.6 Å². The Bertz CT molecular complexity index is 187. The van der Waals surface area contributed by atoms with Crippen molar-refractivity contribution in [2.24, 2.45) is 10.8 Å². The Hall–Kier alpha value is -0.0800. The molecule has 0 unspecified atom stereocenters. The fraction of sp³-hybridized carbons (Fsp3) is 1.00. The van der Waals surface area contributed by atoms with Crippen LogP contribution in [0.5, 0.6) is 0 Å². The standard InChI is InChI=1S/C13H28N2/c1-12(2,3)13(4,5)10-14-8-9-15-11-6-7-11/h11,14-15H,6-10H2,1-5H3. The van der Waals surface area contributed by atoms with E-state index in [4.69, 9.17) is 0 Å². The van der Waals surface area contributed by atoms with Gasteiger partial charge in [0, 0.05) is 25.7 Å². The van der Waals surface area contributed by atoms with E-state index in [-0.39, 0.29) is 0 Å². The lowest BCUT2D eigenvalue weighted by molar-refractivity contribution is 0.129. The fourth-order valence-corrected chi connectivity index (χ4v) is 1.32. The van der Waals surface area contributed by atoms with E-state index in [9.17, 15) is 0 Å². The molecular weight excluding hydrogens is 184 g/mol. The first-order valence-electron chi connectivity index (χ1n) is 6.27. The van der Waals surface area contributed by atoms with Crippen molar-refractivity contribution in [3.05, 3.63) is 0 Å². The largest absolute Gasteiger partial charge is 0.315 e. The molecule has 0 heterocycles. The van der Waals surface area contributed by atoms with Crippen molar-refractivity contribution >= 4 is 0 Å². The summed E-state index contributed by atoms with van der Waals surface area (Å²) >= 11 is 0. The Kier molecular flexibility index (Phi) is 4.19. The van der Waals surface area contributed by atoms with Crippen molar-refractivity contribution in [1.29, 1.82) is 0 Å². The molecule has 1 fully saturated rings. The van der Waals surface area contributed by atoms with E-state index < -0.39 is 0 Å². The summed E-state index contributed by atoms with van der Waals surface area (Å²) in [5, 5.41) is 7.07. The van der Waals surface area contributed by atoms with E-state index in [0.29, 0.717) is 10.8 Å². The molecule has 2 heteroatoms. The second-order valence-electron chi connectivity index (χ2n) is 6.54. The SMILES string of the molecule is CC(C)(C)C(C)(C)CNCCNC1CC1. The Labute approximate surface area is 95.2 Å². The minimum atomic E-state index is 0.354. The van der Waals surface area contributed by atoms with E-state index in [1.165, 1.54) is 12.8 Å². The van der Waals surface area contributed by atoms with Crippen LogP contribution in [0.15, 0.2) is 0 Å². The highest BCUT2D eigenvalue weighted by Crippen LogP contribution is 2.36. The second-order valence-corrected chi connectivity index (χ2v) is 6.54. The average molecular weight is 212 g/mol. The molecule has 2 N–H and O–H groups in total. The number of hydrogen-bond donors (Lipinski definition) is 2. The van der Waals surface area contributed by atoms with Crippen molar-refractivity contribution in [3.8, 4) is 0 Å². The molecule has 0 atom stereocenters. The molecule has 0 aromatic heterocycles. The summed E-state index contributed by atoms with van der Waals surface area (Å²) in [7, 11) is 0. The van der Waals surface area contributed by atoms with E-state index in [0.717, 1.165) is 25.7 Å². The van der Waals surface area contributed by atoms with Crippen LogP contribution in [0.25, 0.3) is 0 Å². The first-order chi connectivity index (χ1) is 6.83. The van der Waals surface area contributed by atoms with Crippen LogP contribution in [-0.2, 0) is 0 Å². The van der Waals surface area contributed by atoms with Crippen LogP contribution < -0.4 is 10.6 Å². The quantitative estimate of drug-likeness (QED) is 0.661. The maximum atomic E-state index is 3.55. The highest BCUT2D eigenvalue weighted by atomic mass is 15.0. The highest BCUT2D eigenvalue weighted by Gasteiger charge is 2.31. The molecule has 0 aromatic carbocycles. The Morgan fingerprint density at radius 1 is 1.00 bits per heavy atom. The van der Waals surface area contributed by atoms with Gasteiger partial charge in [0.25, 0.3) is 0 Å². The van der Waals surface area contributed by atoms with Gasteiger partial charge in [-0.25, -0.2) is 0 Å². The number of hydrogen-bond acceptors (Lipinski definition) is 2. The molecule has 0 aliphatic heterocycles. The van der Waals surface area contributed by atoms with Gasteiger partial charge in [0.2, 0.25) is 0 Å². The molecule has 0 spiro atoms. The molecule has 0 aromatic rings. The lowest BCUT2D eigenvalue weighted by atomic mass is 9.69. The fourth-order valence-electron chi connectivity index (χ4n) is 1.32. The van der Waals surface area contributed by atoms with Crippen LogP contribution in [0, 0.1) is 10.8 Å². The number of rotatable bonds is 6. The minimum absolute atomic E-state index is 0.354. The minimum Gasteiger partial charge on any atom is -0.315 e. The lowest BCUT2D eigenvalue weighted by Gasteiger charge is -2.39. The van der Waals surface area contributed by atoms with E-state index in [2.05, 4.69) is 45.3 Å². The summed E-state index contributed by atoms with van der Waals surface area (Å²) in [6.45, 7) is 14.9. The van der Waals surface area contributed by atoms with Crippen LogP contribution in [0.2, 0.25) is 0 Å². The van der Waals surface area contributed by atoms with Crippen molar-refractivity contribution < 1.29 is 0 Å². The van der Waals surface area contributed by atoms with Gasteiger partial charge in [-0.3, -0.25) is 0 Å². The summed E-state index contributed by atoms with van der Waals surface area (Å²) in [6, 6.07) is 0.836. The molecule has 1 aliphatic rings. The first kappa shape index (κ1) is 13.0. The van der Waals surface area contributed by atoms with Gasteiger partial charge in [0.1, 0.15) is 0 Å². The highest BCUT2D eigenvalue weighted by molar-refractivity contribution is 4.85. The van der Waals surface area contributed by atoms with Crippen LogP contribution in [0.3, 0.4) is 0 Å². The Balaban J connectivity index is 2.06. The zero-order valence-corrected chi connectivity index (χ0v) is 11.1. The molecule has 15 heavy (non-hydrogen) atoms. The Morgan fingerprint density at radius 2 is 1.60 bits per heavy atom. The molecule has 0 radical (unpaired) electrons. The van der Waals surface area contributed by atoms with Gasteiger partial charge in [-0.2, -0.15) is 0 Å². The second kappa shape index (κ2) is 4.84. The van der Waals surface area contributed by atoms with Crippen LogP contribution in [0.1, 0.15) is 47.5 Å². The summed E-state index contributed by atoms with van der Waals surface area (Å²) < 4.78 is 0. The monoisotopic (exact) mass is 212 g/mol. The van der Waals surface area contributed by atoms with E-state index in [1.54, 1.807) is 0 Å². The van der Waals surface area contributed by atoms with Gasteiger partial charge in [-0.15, -0.1) is 0 Å². The van der Waals surface area contributed by atoms with Gasteiger partial charge in [0.15, 0.2) is 0 Å². The normalized spacial score (nSPS) is 18.2. The summed E-state index contributed by atoms with van der Waals surface area (Å²) in [5.74, 6) is 0. The topological polar surface area (TPSA) is 24.1 Å². The summed E-state index contributed by atoms with van der Waals surface area (Å²) in [5.41, 5.74) is 0.719. The average Bonchev–Trinajstić information content (AvgIpc) is 2.85. The molecular formula is C13H28N2. The van der Waals surface area contributed by atoms with Gasteiger partial charge in [0.05, 0.1) is 0 Å². The zero-order chi connectivity index (χ0) is 11.5. The maximum Gasteiger partial charge on any atom is 0.00793 e. The predicted molar refractivity (Wildman–Crippen MR) is 67.1 cm³/mol. The third-order valence-corrected chi connectivity index (χ3v) is 3.91. The van der Waals surface area contributed by atoms with Crippen molar-refractivity contribution in [2.45, 2.75) is 53.5 Å². The third-order valence-electron chi connectivity index (χ3n) is 3.91. The number of nitrogens with one attached hydrogen (secondary N) is 2. The summed E-state index contributed by atoms with van der Waals surface area (Å²) in [4.78, 5) is 0. The van der Waals surface area contributed by atoms with Gasteiger partial charge in [-0.05, 0) is 23.7 Å². The summed E-state index contributed by atoms with van der Waals surface area (Å²) in [6.07, 6.45) is 2.76. The van der Waals surface area contributed by atoms with Gasteiger partial charge >= 0.3 is 0 Å². The molecule has 0 bridgehead atoms. The van der Waals surface area contributed by atoms with Gasteiger partial charge < -0.3 is 10.6 Å². The molecule has 1 rings (SSSR count). The molecule has 0 amide bonds. The van der Waals surface area contributed by atoms with Gasteiger partial charge in [-0.1, -0.05) is 34.6 Å².